The summed E-state index contributed by atoms with van der Waals surface area (Å²) in [6, 6.07) is 24.2. The molecule has 0 unspecified atom stereocenters. The minimum Gasteiger partial charge on any atom is -0.352 e. The third-order valence-electron chi connectivity index (χ3n) is 8.36. The monoisotopic (exact) mass is 729 g/mol. The van der Waals surface area contributed by atoms with E-state index in [0.29, 0.717) is 10.6 Å². The Bertz CT molecular complexity index is 1840. The number of rotatable bonds is 12. The Labute approximate surface area is 295 Å². The molecule has 4 aromatic carbocycles. The zero-order valence-electron chi connectivity index (χ0n) is 26.0. The molecule has 0 bridgehead atoms. The molecule has 252 valence electrons. The number of sulfonamides is 1. The number of benzene rings is 4. The molecule has 1 atom stereocenters. The molecule has 0 radical (unpaired) electrons. The largest absolute Gasteiger partial charge is 0.352 e. The van der Waals surface area contributed by atoms with E-state index in [9.17, 15) is 22.4 Å². The molecular weight excluding hydrogens is 696 g/mol. The van der Waals surface area contributed by atoms with Crippen molar-refractivity contribution in [3.63, 3.8) is 0 Å². The van der Waals surface area contributed by atoms with Crippen LogP contribution in [0.4, 0.5) is 10.1 Å². The maximum absolute atomic E-state index is 14.6. The summed E-state index contributed by atoms with van der Waals surface area (Å²) < 4.78 is 43.3. The first-order valence-electron chi connectivity index (χ1n) is 15.6. The lowest BCUT2D eigenvalue weighted by molar-refractivity contribution is -0.140. The Morgan fingerprint density at radius 3 is 2.10 bits per heavy atom. The predicted molar refractivity (Wildman–Crippen MR) is 188 cm³/mol. The van der Waals surface area contributed by atoms with E-state index >= 15 is 0 Å². The van der Waals surface area contributed by atoms with Crippen LogP contribution < -0.4 is 9.62 Å². The number of nitrogens with one attached hydrogen (secondary N) is 1. The van der Waals surface area contributed by atoms with Crippen LogP contribution in [0, 0.1) is 5.82 Å². The minimum atomic E-state index is -4.36. The van der Waals surface area contributed by atoms with Gasteiger partial charge in [0.05, 0.1) is 25.7 Å². The van der Waals surface area contributed by atoms with Crippen molar-refractivity contribution in [2.45, 2.75) is 62.0 Å². The number of hydrogen-bond donors (Lipinski definition) is 1. The lowest BCUT2D eigenvalue weighted by Gasteiger charge is -2.35. The van der Waals surface area contributed by atoms with Gasteiger partial charge in [0, 0.05) is 19.0 Å². The molecule has 7 nitrogen and oxygen atoms in total. The molecule has 4 aromatic rings. The molecule has 0 aromatic heterocycles. The summed E-state index contributed by atoms with van der Waals surface area (Å²) in [5.74, 6) is -1.76. The van der Waals surface area contributed by atoms with Gasteiger partial charge < -0.3 is 10.2 Å². The topological polar surface area (TPSA) is 86.8 Å². The standard InChI is InChI=1S/C36H35Cl3FN3O4S/c37-30-18-16-26(20-31(30)38)23-42(34(21-25-10-4-1-5-11-25)36(45)41-27-12-6-2-7-13-27)35(44)24-43(28-17-19-33(40)32(39)22-28)48(46,47)29-14-8-3-9-15-29/h1,3-5,8-11,14-20,22,27,34H,2,6-7,12-13,21,23-24H2,(H,41,45)/t34-/m1/s1. The molecule has 1 aliphatic rings. The quantitative estimate of drug-likeness (QED) is 0.160. The highest BCUT2D eigenvalue weighted by molar-refractivity contribution is 7.92. The van der Waals surface area contributed by atoms with Crippen molar-refractivity contribution in [3.05, 3.63) is 129 Å². The summed E-state index contributed by atoms with van der Waals surface area (Å²) in [6.07, 6.45) is 4.92. The zero-order chi connectivity index (χ0) is 34.3. The van der Waals surface area contributed by atoms with Crippen LogP contribution in [0.3, 0.4) is 0 Å². The highest BCUT2D eigenvalue weighted by Crippen LogP contribution is 2.29. The van der Waals surface area contributed by atoms with Gasteiger partial charge in [-0.15, -0.1) is 0 Å². The van der Waals surface area contributed by atoms with Gasteiger partial charge in [0.1, 0.15) is 18.4 Å². The molecule has 0 saturated heterocycles. The third-order valence-corrected chi connectivity index (χ3v) is 11.2. The number of carbonyl (C=O) groups excluding carboxylic acids is 2. The van der Waals surface area contributed by atoms with Crippen LogP contribution >= 0.6 is 34.8 Å². The number of halogens is 4. The smallest absolute Gasteiger partial charge is 0.264 e. The average Bonchev–Trinajstić information content (AvgIpc) is 3.09. The fourth-order valence-corrected chi connectivity index (χ4v) is 7.74. The van der Waals surface area contributed by atoms with E-state index in [1.54, 1.807) is 36.4 Å². The van der Waals surface area contributed by atoms with E-state index in [2.05, 4.69) is 5.32 Å². The highest BCUT2D eigenvalue weighted by Gasteiger charge is 2.35. The summed E-state index contributed by atoms with van der Waals surface area (Å²) >= 11 is 18.6. The van der Waals surface area contributed by atoms with Crippen molar-refractivity contribution in [3.8, 4) is 0 Å². The van der Waals surface area contributed by atoms with Gasteiger partial charge in [-0.3, -0.25) is 13.9 Å². The number of hydrogen-bond acceptors (Lipinski definition) is 4. The molecule has 1 aliphatic carbocycles. The number of carbonyl (C=O) groups is 2. The first-order chi connectivity index (χ1) is 23.0. The van der Waals surface area contributed by atoms with Crippen molar-refractivity contribution >= 4 is 62.3 Å². The molecule has 1 N–H and O–H groups in total. The maximum Gasteiger partial charge on any atom is 0.264 e. The zero-order valence-corrected chi connectivity index (χ0v) is 29.1. The van der Waals surface area contributed by atoms with E-state index < -0.39 is 34.3 Å². The van der Waals surface area contributed by atoms with Crippen LogP contribution in [0.1, 0.15) is 43.2 Å². The SMILES string of the molecule is O=C(NC1CCCCC1)[C@@H](Cc1ccccc1)N(Cc1ccc(Cl)c(Cl)c1)C(=O)CN(c1ccc(F)c(Cl)c1)S(=O)(=O)c1ccccc1. The van der Waals surface area contributed by atoms with Gasteiger partial charge in [0.2, 0.25) is 11.8 Å². The lowest BCUT2D eigenvalue weighted by atomic mass is 9.94. The van der Waals surface area contributed by atoms with Crippen LogP contribution in [0.2, 0.25) is 15.1 Å². The third kappa shape index (κ3) is 8.88. The van der Waals surface area contributed by atoms with Gasteiger partial charge in [0.15, 0.2) is 0 Å². The Hall–Kier alpha value is -3.63. The van der Waals surface area contributed by atoms with Gasteiger partial charge in [0.25, 0.3) is 10.0 Å². The van der Waals surface area contributed by atoms with Crippen molar-refractivity contribution in [2.75, 3.05) is 10.8 Å². The summed E-state index contributed by atoms with van der Waals surface area (Å²) in [4.78, 5) is 30.1. The van der Waals surface area contributed by atoms with E-state index in [1.165, 1.54) is 23.1 Å². The molecule has 48 heavy (non-hydrogen) atoms. The van der Waals surface area contributed by atoms with Crippen LogP contribution in [0.5, 0.6) is 0 Å². The Kier molecular flexibility index (Phi) is 12.0. The second kappa shape index (κ2) is 16.2. The normalized spacial score (nSPS) is 14.2. The van der Waals surface area contributed by atoms with E-state index in [0.717, 1.165) is 54.1 Å². The van der Waals surface area contributed by atoms with Gasteiger partial charge in [-0.2, -0.15) is 0 Å². The van der Waals surface area contributed by atoms with Crippen LogP contribution in [-0.4, -0.2) is 43.8 Å². The summed E-state index contributed by atoms with van der Waals surface area (Å²) in [6.45, 7) is -0.781. The lowest BCUT2D eigenvalue weighted by Crippen LogP contribution is -2.55. The molecule has 2 amide bonds. The van der Waals surface area contributed by atoms with Crippen LogP contribution in [-0.2, 0) is 32.6 Å². The summed E-state index contributed by atoms with van der Waals surface area (Å²) in [5, 5.41) is 3.44. The average molecular weight is 731 g/mol. The van der Waals surface area contributed by atoms with Gasteiger partial charge >= 0.3 is 0 Å². The first-order valence-corrected chi connectivity index (χ1v) is 18.2. The second-order valence-electron chi connectivity index (χ2n) is 11.7. The van der Waals surface area contributed by atoms with Crippen LogP contribution in [0.25, 0.3) is 0 Å². The van der Waals surface area contributed by atoms with E-state index in [1.807, 2.05) is 30.3 Å². The molecule has 12 heteroatoms. The van der Waals surface area contributed by atoms with Crippen LogP contribution in [0.15, 0.2) is 102 Å². The predicted octanol–water partition coefficient (Wildman–Crippen LogP) is 8.07. The van der Waals surface area contributed by atoms with Gasteiger partial charge in [-0.25, -0.2) is 12.8 Å². The number of nitrogens with zero attached hydrogens (tertiary/aromatic N) is 2. The minimum absolute atomic E-state index is 0.0145. The molecule has 1 fully saturated rings. The van der Waals surface area contributed by atoms with Crippen molar-refractivity contribution in [2.24, 2.45) is 0 Å². The number of amides is 2. The Morgan fingerprint density at radius 2 is 1.46 bits per heavy atom. The number of anilines is 1. The van der Waals surface area contributed by atoms with Crippen molar-refractivity contribution < 1.29 is 22.4 Å². The molecule has 0 aliphatic heterocycles. The fraction of sp³-hybridized carbons (Fsp3) is 0.278. The molecule has 5 rings (SSSR count). The molecule has 1 saturated carbocycles. The van der Waals surface area contributed by atoms with Crippen molar-refractivity contribution in [1.82, 2.24) is 10.2 Å². The molecule has 0 heterocycles. The Morgan fingerprint density at radius 1 is 0.792 bits per heavy atom. The summed E-state index contributed by atoms with van der Waals surface area (Å²) in [5.41, 5.74) is 1.38. The molecule has 0 spiro atoms. The van der Waals surface area contributed by atoms with Gasteiger partial charge in [-0.1, -0.05) is 109 Å². The van der Waals surface area contributed by atoms with E-state index in [4.69, 9.17) is 34.8 Å². The van der Waals surface area contributed by atoms with Gasteiger partial charge in [-0.05, 0) is 66.4 Å². The second-order valence-corrected chi connectivity index (χ2v) is 14.8. The van der Waals surface area contributed by atoms with E-state index in [-0.39, 0.29) is 45.5 Å². The van der Waals surface area contributed by atoms with Crippen molar-refractivity contribution in [1.29, 1.82) is 0 Å². The fourth-order valence-electron chi connectivity index (χ4n) is 5.82. The Balaban J connectivity index is 1.58. The first kappa shape index (κ1) is 35.7. The highest BCUT2D eigenvalue weighted by atomic mass is 35.5. The maximum atomic E-state index is 14.6. The summed E-state index contributed by atoms with van der Waals surface area (Å²) in [7, 11) is -4.36. The molecular formula is C36H35Cl3FN3O4S.